The number of carbonyl (C=O) groups is 2. The van der Waals surface area contributed by atoms with Crippen molar-refractivity contribution in [2.75, 3.05) is 26.3 Å². The van der Waals surface area contributed by atoms with Crippen molar-refractivity contribution in [1.82, 2.24) is 4.90 Å². The van der Waals surface area contributed by atoms with Crippen LogP contribution in [0.3, 0.4) is 0 Å². The van der Waals surface area contributed by atoms with Gasteiger partial charge in [-0.1, -0.05) is 13.8 Å². The summed E-state index contributed by atoms with van der Waals surface area (Å²) in [4.78, 5) is 25.1. The van der Waals surface area contributed by atoms with E-state index in [2.05, 4.69) is 0 Å². The van der Waals surface area contributed by atoms with E-state index < -0.39 is 11.4 Å². The molecule has 1 rings (SSSR count). The number of rotatable bonds is 5. The highest BCUT2D eigenvalue weighted by Gasteiger charge is 2.38. The number of hydrogen-bond donors (Lipinski definition) is 1. The lowest BCUT2D eigenvalue weighted by molar-refractivity contribution is -0.155. The highest BCUT2D eigenvalue weighted by molar-refractivity contribution is 5.85. The van der Waals surface area contributed by atoms with Crippen molar-refractivity contribution in [2.24, 2.45) is 5.41 Å². The van der Waals surface area contributed by atoms with Gasteiger partial charge < -0.3 is 14.7 Å². The Balaban J connectivity index is 2.66. The van der Waals surface area contributed by atoms with Crippen molar-refractivity contribution >= 4 is 11.9 Å². The predicted octanol–water partition coefficient (Wildman–Crippen LogP) is 1.13. The van der Waals surface area contributed by atoms with Crippen molar-refractivity contribution in [1.29, 1.82) is 0 Å². The molecule has 0 aliphatic carbocycles. The SMILES string of the molecule is CCC(CC)(CC(=O)N1CCOCC1)C(=O)O. The Hall–Kier alpha value is -1.10. The molecule has 0 aromatic heterocycles. The summed E-state index contributed by atoms with van der Waals surface area (Å²) in [6, 6.07) is 0. The summed E-state index contributed by atoms with van der Waals surface area (Å²) < 4.78 is 5.17. The van der Waals surface area contributed by atoms with E-state index in [4.69, 9.17) is 4.74 Å². The van der Waals surface area contributed by atoms with Crippen molar-refractivity contribution in [3.05, 3.63) is 0 Å². The molecule has 17 heavy (non-hydrogen) atoms. The molecule has 1 amide bonds. The average molecular weight is 243 g/mol. The van der Waals surface area contributed by atoms with Crippen molar-refractivity contribution < 1.29 is 19.4 Å². The van der Waals surface area contributed by atoms with Gasteiger partial charge in [0.15, 0.2) is 0 Å². The number of aliphatic carboxylic acids is 1. The molecule has 0 radical (unpaired) electrons. The van der Waals surface area contributed by atoms with Crippen LogP contribution in [0.2, 0.25) is 0 Å². The molecule has 0 aromatic rings. The zero-order chi connectivity index (χ0) is 12.9. The molecule has 1 fully saturated rings. The third kappa shape index (κ3) is 3.19. The Morgan fingerprint density at radius 1 is 1.24 bits per heavy atom. The maximum atomic E-state index is 12.0. The van der Waals surface area contributed by atoms with Gasteiger partial charge >= 0.3 is 5.97 Å². The van der Waals surface area contributed by atoms with E-state index in [9.17, 15) is 14.7 Å². The minimum absolute atomic E-state index is 0.0700. The second-order valence-electron chi connectivity index (χ2n) is 4.46. The second-order valence-corrected chi connectivity index (χ2v) is 4.46. The first-order chi connectivity index (χ1) is 8.05. The van der Waals surface area contributed by atoms with E-state index in [1.165, 1.54) is 0 Å². The van der Waals surface area contributed by atoms with Gasteiger partial charge in [-0.05, 0) is 12.8 Å². The van der Waals surface area contributed by atoms with Crippen molar-refractivity contribution in [3.63, 3.8) is 0 Å². The molecule has 0 spiro atoms. The van der Waals surface area contributed by atoms with Gasteiger partial charge in [-0.25, -0.2) is 0 Å². The van der Waals surface area contributed by atoms with Crippen LogP contribution in [0, 0.1) is 5.41 Å². The Kier molecular flexibility index (Phi) is 4.93. The van der Waals surface area contributed by atoms with Gasteiger partial charge in [-0.3, -0.25) is 9.59 Å². The fourth-order valence-electron chi connectivity index (χ4n) is 2.09. The Bertz CT molecular complexity index is 280. The Morgan fingerprint density at radius 2 is 1.76 bits per heavy atom. The van der Waals surface area contributed by atoms with Crippen LogP contribution in [-0.2, 0) is 14.3 Å². The van der Waals surface area contributed by atoms with Crippen molar-refractivity contribution in [3.8, 4) is 0 Å². The third-order valence-corrected chi connectivity index (χ3v) is 3.66. The van der Waals surface area contributed by atoms with E-state index in [-0.39, 0.29) is 12.3 Å². The zero-order valence-corrected chi connectivity index (χ0v) is 10.6. The summed E-state index contributed by atoms with van der Waals surface area (Å²) in [5, 5.41) is 9.28. The van der Waals surface area contributed by atoms with Crippen LogP contribution in [0.1, 0.15) is 33.1 Å². The number of hydrogen-bond acceptors (Lipinski definition) is 3. The summed E-state index contributed by atoms with van der Waals surface area (Å²) >= 11 is 0. The van der Waals surface area contributed by atoms with Gasteiger partial charge in [0, 0.05) is 19.5 Å². The summed E-state index contributed by atoms with van der Waals surface area (Å²) in [5.41, 5.74) is -0.907. The minimum atomic E-state index is -0.907. The lowest BCUT2D eigenvalue weighted by Gasteiger charge is -2.32. The lowest BCUT2D eigenvalue weighted by Crippen LogP contribution is -2.44. The van der Waals surface area contributed by atoms with Gasteiger partial charge in [0.1, 0.15) is 0 Å². The third-order valence-electron chi connectivity index (χ3n) is 3.66. The molecule has 1 N–H and O–H groups in total. The smallest absolute Gasteiger partial charge is 0.310 e. The molecule has 0 saturated carbocycles. The first kappa shape index (κ1) is 14.0. The highest BCUT2D eigenvalue weighted by Crippen LogP contribution is 2.31. The highest BCUT2D eigenvalue weighted by atomic mass is 16.5. The minimum Gasteiger partial charge on any atom is -0.481 e. The number of morpholine rings is 1. The average Bonchev–Trinajstić information content (AvgIpc) is 2.36. The van der Waals surface area contributed by atoms with E-state index >= 15 is 0 Å². The maximum absolute atomic E-state index is 12.0. The normalized spacial score (nSPS) is 16.9. The van der Waals surface area contributed by atoms with Gasteiger partial charge in [-0.2, -0.15) is 0 Å². The molecule has 5 nitrogen and oxygen atoms in total. The Morgan fingerprint density at radius 3 is 2.18 bits per heavy atom. The van der Waals surface area contributed by atoms with Crippen LogP contribution in [0.5, 0.6) is 0 Å². The molecule has 0 atom stereocenters. The number of nitrogens with zero attached hydrogens (tertiary/aromatic N) is 1. The summed E-state index contributed by atoms with van der Waals surface area (Å²) in [6.07, 6.45) is 1.05. The largest absolute Gasteiger partial charge is 0.481 e. The van der Waals surface area contributed by atoms with E-state index in [1.807, 2.05) is 13.8 Å². The second kappa shape index (κ2) is 6.00. The molecule has 98 valence electrons. The zero-order valence-electron chi connectivity index (χ0n) is 10.6. The first-order valence-corrected chi connectivity index (χ1v) is 6.14. The molecule has 1 saturated heterocycles. The Labute approximate surface area is 102 Å². The van der Waals surface area contributed by atoms with E-state index in [0.29, 0.717) is 39.1 Å². The summed E-state index contributed by atoms with van der Waals surface area (Å²) in [6.45, 7) is 5.88. The van der Waals surface area contributed by atoms with Gasteiger partial charge in [-0.15, -0.1) is 0 Å². The van der Waals surface area contributed by atoms with E-state index in [0.717, 1.165) is 0 Å². The van der Waals surface area contributed by atoms with Crippen LogP contribution in [-0.4, -0.2) is 48.2 Å². The fraction of sp³-hybridized carbons (Fsp3) is 0.833. The fourth-order valence-corrected chi connectivity index (χ4v) is 2.09. The molecule has 0 aromatic carbocycles. The number of carbonyl (C=O) groups excluding carboxylic acids is 1. The number of carboxylic acid groups (broad SMARTS) is 1. The monoisotopic (exact) mass is 243 g/mol. The van der Waals surface area contributed by atoms with Crippen LogP contribution < -0.4 is 0 Å². The topological polar surface area (TPSA) is 66.8 Å². The number of ether oxygens (including phenoxy) is 1. The molecular formula is C12H21NO4. The maximum Gasteiger partial charge on any atom is 0.310 e. The quantitative estimate of drug-likeness (QED) is 0.786. The number of amides is 1. The molecule has 0 bridgehead atoms. The van der Waals surface area contributed by atoms with Gasteiger partial charge in [0.25, 0.3) is 0 Å². The first-order valence-electron chi connectivity index (χ1n) is 6.14. The molecule has 5 heteroatoms. The van der Waals surface area contributed by atoms with Crippen LogP contribution in [0.4, 0.5) is 0 Å². The molecule has 0 unspecified atom stereocenters. The summed E-state index contributed by atoms with van der Waals surface area (Å²) in [5.74, 6) is -0.941. The van der Waals surface area contributed by atoms with Gasteiger partial charge in [0.2, 0.25) is 5.91 Å². The predicted molar refractivity (Wildman–Crippen MR) is 62.7 cm³/mol. The van der Waals surface area contributed by atoms with Crippen LogP contribution >= 0.6 is 0 Å². The van der Waals surface area contributed by atoms with E-state index in [1.54, 1.807) is 4.90 Å². The molecule has 1 heterocycles. The van der Waals surface area contributed by atoms with Crippen LogP contribution in [0.25, 0.3) is 0 Å². The summed E-state index contributed by atoms with van der Waals surface area (Å²) in [7, 11) is 0. The molecule has 1 aliphatic rings. The molecular weight excluding hydrogens is 222 g/mol. The number of carboxylic acids is 1. The van der Waals surface area contributed by atoms with Crippen molar-refractivity contribution in [2.45, 2.75) is 33.1 Å². The molecule has 1 aliphatic heterocycles. The van der Waals surface area contributed by atoms with Gasteiger partial charge in [0.05, 0.1) is 18.6 Å². The standard InChI is InChI=1S/C12H21NO4/c1-3-12(4-2,11(15)16)9-10(14)13-5-7-17-8-6-13/h3-9H2,1-2H3,(H,15,16). The lowest BCUT2D eigenvalue weighted by atomic mass is 9.79. The van der Waals surface area contributed by atoms with Crippen LogP contribution in [0.15, 0.2) is 0 Å².